The summed E-state index contributed by atoms with van der Waals surface area (Å²) in [6, 6.07) is 0. The molecule has 4 heteroatoms. The molecule has 1 amide bonds. The van der Waals surface area contributed by atoms with Crippen molar-refractivity contribution in [2.45, 2.75) is 116 Å². The van der Waals surface area contributed by atoms with Gasteiger partial charge in [0.2, 0.25) is 5.91 Å². The second kappa shape index (κ2) is 8.01. The lowest BCUT2D eigenvalue weighted by molar-refractivity contribution is -0.144. The lowest BCUT2D eigenvalue weighted by Crippen LogP contribution is -2.55. The van der Waals surface area contributed by atoms with Crippen molar-refractivity contribution in [3.05, 3.63) is 23.5 Å². The fourth-order valence-corrected chi connectivity index (χ4v) is 13.5. The molecule has 2 aliphatic rings. The molecule has 0 radical (unpaired) electrons. The molecule has 0 spiro atoms. The number of aromatic nitrogens is 1. The van der Waals surface area contributed by atoms with E-state index in [9.17, 15) is 4.79 Å². The molecule has 158 valence electrons. The van der Waals surface area contributed by atoms with Gasteiger partial charge in [0, 0.05) is 19.2 Å². The smallest absolute Gasteiger partial charge is 0.223 e. The van der Waals surface area contributed by atoms with E-state index >= 15 is 0 Å². The first-order chi connectivity index (χ1) is 13.2. The highest BCUT2D eigenvalue weighted by Gasteiger charge is 2.50. The van der Waals surface area contributed by atoms with Gasteiger partial charge in [-0.3, -0.25) is 4.79 Å². The maximum atomic E-state index is 12.9. The van der Waals surface area contributed by atoms with Crippen LogP contribution in [0.25, 0.3) is 0 Å². The van der Waals surface area contributed by atoms with E-state index in [-0.39, 0.29) is 5.54 Å². The number of fused-ring (bicyclic) bond motifs is 3. The predicted molar refractivity (Wildman–Crippen MR) is 121 cm³/mol. The third-order valence-corrected chi connectivity index (χ3v) is 14.7. The Balaban J connectivity index is 2.16. The third kappa shape index (κ3) is 3.10. The number of amides is 1. The Kier molecular flexibility index (Phi) is 6.20. The molecular formula is C24H42N2OSi. The molecule has 0 N–H and O–H groups in total. The van der Waals surface area contributed by atoms with Crippen LogP contribution < -0.4 is 0 Å². The van der Waals surface area contributed by atoms with E-state index in [1.165, 1.54) is 24.0 Å². The zero-order valence-electron chi connectivity index (χ0n) is 19.3. The normalized spacial score (nSPS) is 22.9. The van der Waals surface area contributed by atoms with Crippen LogP contribution in [-0.4, -0.2) is 29.8 Å². The van der Waals surface area contributed by atoms with Gasteiger partial charge in [0.05, 0.1) is 5.54 Å². The van der Waals surface area contributed by atoms with Gasteiger partial charge < -0.3 is 9.13 Å². The van der Waals surface area contributed by atoms with Gasteiger partial charge >= 0.3 is 0 Å². The highest BCUT2D eigenvalue weighted by molar-refractivity contribution is 6.82. The lowest BCUT2D eigenvalue weighted by atomic mass is 9.73. The number of unbranched alkanes of at least 4 members (excludes halogenated alkanes) is 1. The van der Waals surface area contributed by atoms with Gasteiger partial charge in [-0.1, -0.05) is 61.3 Å². The van der Waals surface area contributed by atoms with Gasteiger partial charge in [-0.05, 0) is 59.6 Å². The summed E-state index contributed by atoms with van der Waals surface area (Å²) >= 11 is 0. The monoisotopic (exact) mass is 402 g/mol. The second-order valence-electron chi connectivity index (χ2n) is 10.2. The first-order valence-electron chi connectivity index (χ1n) is 11.7. The molecular weight excluding hydrogens is 360 g/mol. The summed E-state index contributed by atoms with van der Waals surface area (Å²) in [7, 11) is -1.74. The Morgan fingerprint density at radius 1 is 1.04 bits per heavy atom. The van der Waals surface area contributed by atoms with Gasteiger partial charge in [0.15, 0.2) is 8.24 Å². The zero-order chi connectivity index (χ0) is 20.7. The molecule has 1 aromatic rings. The van der Waals surface area contributed by atoms with E-state index in [0.717, 1.165) is 38.6 Å². The summed E-state index contributed by atoms with van der Waals surface area (Å²) in [6.07, 6.45) is 12.5. The molecule has 1 aromatic heterocycles. The number of nitrogens with zero attached hydrogens (tertiary/aromatic N) is 2. The average Bonchev–Trinajstić information content (AvgIpc) is 3.05. The lowest BCUT2D eigenvalue weighted by Gasteiger charge is -2.50. The molecule has 3 rings (SSSR count). The SMILES string of the molecule is CCCC[C@]12CCCC(=O)N1CCc1cn([Si](C(C)C)(C(C)C)C(C)C)cc12. The molecule has 0 aromatic carbocycles. The fraction of sp³-hybridized carbons (Fsp3) is 0.792. The topological polar surface area (TPSA) is 25.2 Å². The van der Waals surface area contributed by atoms with E-state index in [0.29, 0.717) is 22.5 Å². The minimum Gasteiger partial charge on any atom is -0.379 e. The molecule has 0 bridgehead atoms. The van der Waals surface area contributed by atoms with Crippen molar-refractivity contribution in [3.63, 3.8) is 0 Å². The van der Waals surface area contributed by atoms with Crippen molar-refractivity contribution in [3.8, 4) is 0 Å². The molecule has 0 aliphatic carbocycles. The van der Waals surface area contributed by atoms with Crippen LogP contribution in [0.5, 0.6) is 0 Å². The Hall–Kier alpha value is -1.03. The summed E-state index contributed by atoms with van der Waals surface area (Å²) in [5.41, 5.74) is 5.07. The highest BCUT2D eigenvalue weighted by Crippen LogP contribution is 2.49. The molecule has 0 saturated carbocycles. The highest BCUT2D eigenvalue weighted by atomic mass is 28.3. The van der Waals surface area contributed by atoms with Crippen molar-refractivity contribution < 1.29 is 4.79 Å². The van der Waals surface area contributed by atoms with Gasteiger partial charge in [-0.2, -0.15) is 0 Å². The Morgan fingerprint density at radius 3 is 2.25 bits per heavy atom. The van der Waals surface area contributed by atoms with E-state index in [1.54, 1.807) is 0 Å². The molecule has 3 nitrogen and oxygen atoms in total. The number of hydrogen-bond acceptors (Lipinski definition) is 1. The first-order valence-corrected chi connectivity index (χ1v) is 13.9. The van der Waals surface area contributed by atoms with E-state index in [2.05, 4.69) is 70.0 Å². The van der Waals surface area contributed by atoms with Crippen LogP contribution in [0.1, 0.15) is 98.1 Å². The summed E-state index contributed by atoms with van der Waals surface area (Å²) in [5, 5.41) is 0. The van der Waals surface area contributed by atoms with E-state index in [4.69, 9.17) is 0 Å². The summed E-state index contributed by atoms with van der Waals surface area (Å²) < 4.78 is 2.72. The number of hydrogen-bond donors (Lipinski definition) is 0. The fourth-order valence-electron chi connectivity index (χ4n) is 6.99. The van der Waals surface area contributed by atoms with Gasteiger partial charge in [0.1, 0.15) is 0 Å². The van der Waals surface area contributed by atoms with E-state index in [1.807, 2.05) is 0 Å². The second-order valence-corrected chi connectivity index (χ2v) is 16.0. The molecule has 0 unspecified atom stereocenters. The predicted octanol–water partition coefficient (Wildman–Crippen LogP) is 6.47. The molecule has 1 atom stereocenters. The van der Waals surface area contributed by atoms with Crippen molar-refractivity contribution in [2.24, 2.45) is 0 Å². The largest absolute Gasteiger partial charge is 0.379 e. The van der Waals surface area contributed by atoms with Crippen molar-refractivity contribution >= 4 is 14.1 Å². The maximum absolute atomic E-state index is 12.9. The molecule has 3 heterocycles. The van der Waals surface area contributed by atoms with E-state index < -0.39 is 8.24 Å². The van der Waals surface area contributed by atoms with Crippen LogP contribution in [0, 0.1) is 0 Å². The van der Waals surface area contributed by atoms with Crippen molar-refractivity contribution in [2.75, 3.05) is 6.54 Å². The number of rotatable bonds is 7. The number of carbonyl (C=O) groups excluding carboxylic acids is 1. The molecule has 2 aliphatic heterocycles. The van der Waals surface area contributed by atoms with Gasteiger partial charge in [-0.25, -0.2) is 0 Å². The maximum Gasteiger partial charge on any atom is 0.223 e. The van der Waals surface area contributed by atoms with Crippen LogP contribution >= 0.6 is 0 Å². The summed E-state index contributed by atoms with van der Waals surface area (Å²) in [6.45, 7) is 17.8. The Morgan fingerprint density at radius 2 is 1.68 bits per heavy atom. The minimum absolute atomic E-state index is 0.0325. The van der Waals surface area contributed by atoms with Crippen LogP contribution in [0.15, 0.2) is 12.4 Å². The minimum atomic E-state index is -1.74. The molecule has 1 saturated heterocycles. The van der Waals surface area contributed by atoms with Gasteiger partial charge in [-0.15, -0.1) is 0 Å². The van der Waals surface area contributed by atoms with Crippen LogP contribution in [0.2, 0.25) is 16.6 Å². The number of carbonyl (C=O) groups is 1. The summed E-state index contributed by atoms with van der Waals surface area (Å²) in [4.78, 5) is 15.1. The molecule has 1 fully saturated rings. The quantitative estimate of drug-likeness (QED) is 0.480. The van der Waals surface area contributed by atoms with Crippen LogP contribution in [0.4, 0.5) is 0 Å². The first kappa shape index (κ1) is 21.7. The zero-order valence-corrected chi connectivity index (χ0v) is 20.3. The Bertz CT molecular complexity index is 684. The van der Waals surface area contributed by atoms with Crippen molar-refractivity contribution in [1.82, 2.24) is 9.13 Å². The summed E-state index contributed by atoms with van der Waals surface area (Å²) in [5.74, 6) is 0.390. The average molecular weight is 403 g/mol. The third-order valence-electron chi connectivity index (χ3n) is 7.98. The Labute approximate surface area is 174 Å². The number of piperidine rings is 1. The van der Waals surface area contributed by atoms with Crippen LogP contribution in [0.3, 0.4) is 0 Å². The van der Waals surface area contributed by atoms with Crippen molar-refractivity contribution in [1.29, 1.82) is 0 Å². The standard InChI is InChI=1S/C24H42N2OSi/c1-8-9-13-24-14-10-11-23(27)26(24)15-12-21-16-25(17-22(21)24)28(18(2)3,19(4)5)20(6)7/h16-20H,8-15H2,1-7H3/t24-/m1/s1. The van der Waals surface area contributed by atoms with Crippen LogP contribution in [-0.2, 0) is 16.8 Å². The van der Waals surface area contributed by atoms with Gasteiger partial charge in [0.25, 0.3) is 0 Å². The molecule has 28 heavy (non-hydrogen) atoms.